The van der Waals surface area contributed by atoms with Crippen LogP contribution < -0.4 is 16.4 Å². The zero-order valence-electron chi connectivity index (χ0n) is 9.67. The van der Waals surface area contributed by atoms with E-state index in [2.05, 4.69) is 10.6 Å². The Morgan fingerprint density at radius 1 is 1.27 bits per heavy atom. The van der Waals surface area contributed by atoms with Gasteiger partial charge in [0.25, 0.3) is 0 Å². The van der Waals surface area contributed by atoms with E-state index in [-0.39, 0.29) is 36.9 Å². The molecule has 0 heterocycles. The maximum absolute atomic E-state index is 11.2. The Bertz CT molecular complexity index is 217. The van der Waals surface area contributed by atoms with Gasteiger partial charge in [-0.3, -0.25) is 9.59 Å². The molecule has 0 aromatic heterocycles. The Labute approximate surface area is 90.8 Å². The molecule has 0 radical (unpaired) electrons. The maximum atomic E-state index is 11.2. The van der Waals surface area contributed by atoms with Crippen molar-refractivity contribution in [3.63, 3.8) is 0 Å². The second-order valence-electron chi connectivity index (χ2n) is 3.87. The van der Waals surface area contributed by atoms with E-state index in [1.54, 1.807) is 0 Å². The third-order valence-corrected chi connectivity index (χ3v) is 1.87. The van der Waals surface area contributed by atoms with Crippen molar-refractivity contribution < 1.29 is 9.59 Å². The van der Waals surface area contributed by atoms with Gasteiger partial charge in [0.15, 0.2) is 0 Å². The van der Waals surface area contributed by atoms with Gasteiger partial charge in [-0.05, 0) is 20.3 Å². The fourth-order valence-electron chi connectivity index (χ4n) is 1.01. The molecule has 0 aliphatic rings. The van der Waals surface area contributed by atoms with E-state index >= 15 is 0 Å². The fourth-order valence-corrected chi connectivity index (χ4v) is 1.01. The predicted molar refractivity (Wildman–Crippen MR) is 59.2 cm³/mol. The molecule has 0 aromatic carbocycles. The zero-order valence-corrected chi connectivity index (χ0v) is 9.67. The number of hydrogen-bond donors (Lipinski definition) is 3. The molecule has 5 heteroatoms. The molecule has 1 unspecified atom stereocenters. The normalized spacial score (nSPS) is 12.3. The molecule has 0 rings (SSSR count). The molecular formula is C10H21N3O2. The fraction of sp³-hybridized carbons (Fsp3) is 0.800. The molecule has 0 saturated heterocycles. The van der Waals surface area contributed by atoms with Gasteiger partial charge in [-0.15, -0.1) is 0 Å². The number of hydrogen-bond acceptors (Lipinski definition) is 3. The minimum atomic E-state index is -0.178. The summed E-state index contributed by atoms with van der Waals surface area (Å²) in [6, 6.07) is -0.0366. The monoisotopic (exact) mass is 215 g/mol. The molecular weight excluding hydrogens is 194 g/mol. The summed E-state index contributed by atoms with van der Waals surface area (Å²) in [5, 5.41) is 5.20. The minimum Gasteiger partial charge on any atom is -0.352 e. The van der Waals surface area contributed by atoms with Crippen LogP contribution in [0.5, 0.6) is 0 Å². The Balaban J connectivity index is 3.66. The summed E-state index contributed by atoms with van der Waals surface area (Å²) >= 11 is 0. The van der Waals surface area contributed by atoms with Crippen LogP contribution in [-0.4, -0.2) is 30.4 Å². The SMILES string of the molecule is CCC(N)CC(=O)NCC(=O)NC(C)C. The standard InChI is InChI=1S/C10H21N3O2/c1-4-8(11)5-9(14)12-6-10(15)13-7(2)3/h7-8H,4-6,11H2,1-3H3,(H,12,14)(H,13,15). The number of carbonyl (C=O) groups excluding carboxylic acids is 2. The molecule has 2 amide bonds. The van der Waals surface area contributed by atoms with Crippen LogP contribution in [0, 0.1) is 0 Å². The average Bonchev–Trinajstić information content (AvgIpc) is 2.13. The van der Waals surface area contributed by atoms with Gasteiger partial charge < -0.3 is 16.4 Å². The van der Waals surface area contributed by atoms with Crippen molar-refractivity contribution in [2.45, 2.75) is 45.7 Å². The summed E-state index contributed by atoms with van der Waals surface area (Å²) in [6.07, 6.45) is 1.02. The van der Waals surface area contributed by atoms with Crippen LogP contribution in [0.25, 0.3) is 0 Å². The van der Waals surface area contributed by atoms with Gasteiger partial charge in [0.05, 0.1) is 6.54 Å². The largest absolute Gasteiger partial charge is 0.352 e. The summed E-state index contributed by atoms with van der Waals surface area (Å²) in [4.78, 5) is 22.4. The molecule has 0 fully saturated rings. The molecule has 0 spiro atoms. The molecule has 5 nitrogen and oxygen atoms in total. The molecule has 0 bridgehead atoms. The Kier molecular flexibility index (Phi) is 6.70. The van der Waals surface area contributed by atoms with E-state index in [1.807, 2.05) is 20.8 Å². The topological polar surface area (TPSA) is 84.2 Å². The second kappa shape index (κ2) is 7.23. The highest BCUT2D eigenvalue weighted by Crippen LogP contribution is 1.92. The highest BCUT2D eigenvalue weighted by atomic mass is 16.2. The smallest absolute Gasteiger partial charge is 0.239 e. The van der Waals surface area contributed by atoms with Crippen LogP contribution in [0.1, 0.15) is 33.6 Å². The average molecular weight is 215 g/mol. The van der Waals surface area contributed by atoms with E-state index in [0.717, 1.165) is 6.42 Å². The molecule has 15 heavy (non-hydrogen) atoms. The van der Waals surface area contributed by atoms with Gasteiger partial charge in [0.1, 0.15) is 0 Å². The molecule has 4 N–H and O–H groups in total. The first-order valence-electron chi connectivity index (χ1n) is 5.27. The third-order valence-electron chi connectivity index (χ3n) is 1.87. The number of amides is 2. The summed E-state index contributed by atoms with van der Waals surface area (Å²) in [5.41, 5.74) is 5.60. The Hall–Kier alpha value is -1.10. The van der Waals surface area contributed by atoms with Gasteiger partial charge in [-0.25, -0.2) is 0 Å². The predicted octanol–water partition coefficient (Wildman–Crippen LogP) is -0.245. The molecule has 0 aromatic rings. The van der Waals surface area contributed by atoms with E-state index < -0.39 is 0 Å². The van der Waals surface area contributed by atoms with Crippen molar-refractivity contribution in [1.29, 1.82) is 0 Å². The van der Waals surface area contributed by atoms with Crippen molar-refractivity contribution in [3.05, 3.63) is 0 Å². The van der Waals surface area contributed by atoms with Gasteiger partial charge in [0, 0.05) is 18.5 Å². The Morgan fingerprint density at radius 2 is 1.87 bits per heavy atom. The van der Waals surface area contributed by atoms with Crippen LogP contribution >= 0.6 is 0 Å². The van der Waals surface area contributed by atoms with Crippen LogP contribution in [0.4, 0.5) is 0 Å². The van der Waals surface area contributed by atoms with Crippen molar-refractivity contribution in [1.82, 2.24) is 10.6 Å². The third kappa shape index (κ3) is 7.93. The van der Waals surface area contributed by atoms with E-state index in [9.17, 15) is 9.59 Å². The quantitative estimate of drug-likeness (QED) is 0.571. The summed E-state index contributed by atoms with van der Waals surface area (Å²) < 4.78 is 0. The number of rotatable bonds is 6. The van der Waals surface area contributed by atoms with Gasteiger partial charge in [0.2, 0.25) is 11.8 Å². The number of nitrogens with one attached hydrogen (secondary N) is 2. The van der Waals surface area contributed by atoms with Crippen LogP contribution in [0.15, 0.2) is 0 Å². The molecule has 88 valence electrons. The minimum absolute atomic E-state index is 0.0213. The van der Waals surface area contributed by atoms with Gasteiger partial charge >= 0.3 is 0 Å². The van der Waals surface area contributed by atoms with Crippen molar-refractivity contribution in [2.24, 2.45) is 5.73 Å². The van der Waals surface area contributed by atoms with E-state index in [1.165, 1.54) is 0 Å². The first-order valence-corrected chi connectivity index (χ1v) is 5.27. The van der Waals surface area contributed by atoms with Crippen molar-refractivity contribution in [2.75, 3.05) is 6.54 Å². The Morgan fingerprint density at radius 3 is 2.33 bits per heavy atom. The first kappa shape index (κ1) is 13.9. The highest BCUT2D eigenvalue weighted by molar-refractivity contribution is 5.84. The molecule has 0 aliphatic carbocycles. The van der Waals surface area contributed by atoms with Gasteiger partial charge in [-0.1, -0.05) is 6.92 Å². The zero-order chi connectivity index (χ0) is 11.8. The summed E-state index contributed by atoms with van der Waals surface area (Å²) in [7, 11) is 0. The lowest BCUT2D eigenvalue weighted by atomic mass is 10.1. The lowest BCUT2D eigenvalue weighted by Gasteiger charge is -2.11. The van der Waals surface area contributed by atoms with E-state index in [0.29, 0.717) is 0 Å². The summed E-state index contributed by atoms with van der Waals surface area (Å²) in [6.45, 7) is 5.68. The van der Waals surface area contributed by atoms with Crippen LogP contribution in [0.2, 0.25) is 0 Å². The lowest BCUT2D eigenvalue weighted by molar-refractivity contribution is -0.126. The molecule has 0 aliphatic heterocycles. The molecule has 1 atom stereocenters. The lowest BCUT2D eigenvalue weighted by Crippen LogP contribution is -2.41. The highest BCUT2D eigenvalue weighted by Gasteiger charge is 2.09. The first-order chi connectivity index (χ1) is 6.95. The number of nitrogens with two attached hydrogens (primary N) is 1. The number of carbonyl (C=O) groups is 2. The van der Waals surface area contributed by atoms with Crippen LogP contribution in [-0.2, 0) is 9.59 Å². The molecule has 0 saturated carbocycles. The van der Waals surface area contributed by atoms with Crippen LogP contribution in [0.3, 0.4) is 0 Å². The van der Waals surface area contributed by atoms with Gasteiger partial charge in [-0.2, -0.15) is 0 Å². The van der Waals surface area contributed by atoms with Crippen molar-refractivity contribution >= 4 is 11.8 Å². The van der Waals surface area contributed by atoms with Crippen molar-refractivity contribution in [3.8, 4) is 0 Å². The second-order valence-corrected chi connectivity index (χ2v) is 3.87. The maximum Gasteiger partial charge on any atom is 0.239 e. The van der Waals surface area contributed by atoms with E-state index in [4.69, 9.17) is 5.73 Å². The summed E-state index contributed by atoms with van der Waals surface area (Å²) in [5.74, 6) is -0.355.